The highest BCUT2D eigenvalue weighted by Crippen LogP contribution is 2.32. The lowest BCUT2D eigenvalue weighted by Crippen LogP contribution is -2.47. The monoisotopic (exact) mass is 319 g/mol. The SMILES string of the molecule is CC(N)C(C)C(=O)N1CCN(C)c2ccccc21.Cl.Cl. The second kappa shape index (κ2) is 7.72. The van der Waals surface area contributed by atoms with Crippen LogP contribution >= 0.6 is 24.8 Å². The summed E-state index contributed by atoms with van der Waals surface area (Å²) in [5.74, 6) is -0.0352. The van der Waals surface area contributed by atoms with Crippen molar-refractivity contribution in [2.24, 2.45) is 11.7 Å². The number of fused-ring (bicyclic) bond motifs is 1. The van der Waals surface area contributed by atoms with Gasteiger partial charge in [0.2, 0.25) is 5.91 Å². The molecular formula is C14H23Cl2N3O. The summed E-state index contributed by atoms with van der Waals surface area (Å²) in [5, 5.41) is 0. The van der Waals surface area contributed by atoms with E-state index in [1.807, 2.05) is 43.0 Å². The maximum absolute atomic E-state index is 12.4. The summed E-state index contributed by atoms with van der Waals surface area (Å²) in [4.78, 5) is 16.5. The summed E-state index contributed by atoms with van der Waals surface area (Å²) in [6.07, 6.45) is 0. The van der Waals surface area contributed by atoms with Crippen molar-refractivity contribution in [2.75, 3.05) is 29.9 Å². The zero-order valence-electron chi connectivity index (χ0n) is 12.1. The van der Waals surface area contributed by atoms with Crippen LogP contribution in [0, 0.1) is 5.92 Å². The molecule has 114 valence electrons. The zero-order valence-corrected chi connectivity index (χ0v) is 13.7. The Morgan fingerprint density at radius 2 is 1.70 bits per heavy atom. The summed E-state index contributed by atoms with van der Waals surface area (Å²) >= 11 is 0. The van der Waals surface area contributed by atoms with Crippen molar-refractivity contribution >= 4 is 42.1 Å². The standard InChI is InChI=1S/C14H21N3O.2ClH/c1-10(11(2)15)14(18)17-9-8-16(3)12-6-4-5-7-13(12)17;;/h4-7,10-11H,8-9,15H2,1-3H3;2*1H. The van der Waals surface area contributed by atoms with Crippen LogP contribution in [0.4, 0.5) is 11.4 Å². The van der Waals surface area contributed by atoms with Gasteiger partial charge >= 0.3 is 0 Å². The quantitative estimate of drug-likeness (QED) is 0.910. The van der Waals surface area contributed by atoms with Gasteiger partial charge in [0.15, 0.2) is 0 Å². The number of hydrogen-bond donors (Lipinski definition) is 1. The molecule has 1 aliphatic heterocycles. The number of benzene rings is 1. The van der Waals surface area contributed by atoms with E-state index in [0.717, 1.165) is 24.5 Å². The Morgan fingerprint density at radius 3 is 2.25 bits per heavy atom. The number of nitrogens with zero attached hydrogens (tertiary/aromatic N) is 2. The molecule has 0 saturated carbocycles. The number of nitrogens with two attached hydrogens (primary N) is 1. The lowest BCUT2D eigenvalue weighted by molar-refractivity contribution is -0.122. The molecule has 0 aromatic heterocycles. The fourth-order valence-electron chi connectivity index (χ4n) is 2.21. The number of halogens is 2. The van der Waals surface area contributed by atoms with Gasteiger partial charge in [0.25, 0.3) is 0 Å². The molecule has 0 radical (unpaired) electrons. The predicted octanol–water partition coefficient (Wildman–Crippen LogP) is 2.30. The highest BCUT2D eigenvalue weighted by molar-refractivity contribution is 5.99. The van der Waals surface area contributed by atoms with Crippen LogP contribution in [0.3, 0.4) is 0 Å². The van der Waals surface area contributed by atoms with Gasteiger partial charge in [-0.2, -0.15) is 0 Å². The number of anilines is 2. The van der Waals surface area contributed by atoms with Gasteiger partial charge in [0, 0.05) is 26.2 Å². The molecule has 1 aromatic carbocycles. The number of amides is 1. The van der Waals surface area contributed by atoms with Crippen LogP contribution in [0.25, 0.3) is 0 Å². The molecule has 2 N–H and O–H groups in total. The van der Waals surface area contributed by atoms with Crippen molar-refractivity contribution in [3.05, 3.63) is 24.3 Å². The third kappa shape index (κ3) is 3.57. The van der Waals surface area contributed by atoms with E-state index in [-0.39, 0.29) is 42.7 Å². The second-order valence-electron chi connectivity index (χ2n) is 5.05. The summed E-state index contributed by atoms with van der Waals surface area (Å²) in [6, 6.07) is 7.89. The average Bonchev–Trinajstić information content (AvgIpc) is 2.38. The Kier molecular flexibility index (Phi) is 7.34. The van der Waals surface area contributed by atoms with Crippen LogP contribution in [0.2, 0.25) is 0 Å². The molecule has 0 aliphatic carbocycles. The predicted molar refractivity (Wildman–Crippen MR) is 89.4 cm³/mol. The molecule has 2 unspecified atom stereocenters. The van der Waals surface area contributed by atoms with E-state index in [4.69, 9.17) is 5.73 Å². The summed E-state index contributed by atoms with van der Waals surface area (Å²) in [5.41, 5.74) is 7.93. The fraction of sp³-hybridized carbons (Fsp3) is 0.500. The van der Waals surface area contributed by atoms with Gasteiger partial charge in [0.1, 0.15) is 0 Å². The molecule has 1 amide bonds. The van der Waals surface area contributed by atoms with Gasteiger partial charge in [-0.1, -0.05) is 19.1 Å². The van der Waals surface area contributed by atoms with Crippen LogP contribution in [0.5, 0.6) is 0 Å². The molecule has 0 saturated heterocycles. The van der Waals surface area contributed by atoms with E-state index < -0.39 is 0 Å². The minimum absolute atomic E-state index is 0. The number of likely N-dealkylation sites (N-methyl/N-ethyl adjacent to an activating group) is 1. The Hall–Kier alpha value is -0.970. The van der Waals surface area contributed by atoms with Crippen molar-refractivity contribution in [3.8, 4) is 0 Å². The van der Waals surface area contributed by atoms with Crippen molar-refractivity contribution in [1.82, 2.24) is 0 Å². The molecule has 1 heterocycles. The minimum atomic E-state index is -0.151. The largest absolute Gasteiger partial charge is 0.371 e. The first-order valence-corrected chi connectivity index (χ1v) is 6.39. The summed E-state index contributed by atoms with van der Waals surface area (Å²) in [7, 11) is 2.05. The first-order chi connectivity index (χ1) is 8.52. The van der Waals surface area contributed by atoms with Gasteiger partial charge in [-0.15, -0.1) is 24.8 Å². The molecule has 2 atom stereocenters. The van der Waals surface area contributed by atoms with E-state index in [1.165, 1.54) is 0 Å². The highest BCUT2D eigenvalue weighted by Gasteiger charge is 2.29. The Balaban J connectivity index is 0.00000180. The fourth-order valence-corrected chi connectivity index (χ4v) is 2.21. The number of carbonyl (C=O) groups is 1. The normalized spacial score (nSPS) is 16.4. The van der Waals surface area contributed by atoms with Crippen molar-refractivity contribution in [2.45, 2.75) is 19.9 Å². The number of rotatable bonds is 2. The first-order valence-electron chi connectivity index (χ1n) is 6.39. The molecule has 20 heavy (non-hydrogen) atoms. The zero-order chi connectivity index (χ0) is 13.3. The van der Waals surface area contributed by atoms with Crippen LogP contribution in [-0.2, 0) is 4.79 Å². The molecule has 0 bridgehead atoms. The highest BCUT2D eigenvalue weighted by atomic mass is 35.5. The van der Waals surface area contributed by atoms with Crippen LogP contribution in [0.1, 0.15) is 13.8 Å². The smallest absolute Gasteiger partial charge is 0.231 e. The van der Waals surface area contributed by atoms with Crippen molar-refractivity contribution < 1.29 is 4.79 Å². The Morgan fingerprint density at radius 1 is 1.15 bits per heavy atom. The van der Waals surface area contributed by atoms with Gasteiger partial charge in [-0.25, -0.2) is 0 Å². The van der Waals surface area contributed by atoms with Crippen LogP contribution in [0.15, 0.2) is 24.3 Å². The second-order valence-corrected chi connectivity index (χ2v) is 5.05. The van der Waals surface area contributed by atoms with Gasteiger partial charge in [-0.3, -0.25) is 4.79 Å². The number of hydrogen-bond acceptors (Lipinski definition) is 3. The van der Waals surface area contributed by atoms with Gasteiger partial charge < -0.3 is 15.5 Å². The van der Waals surface area contributed by atoms with Gasteiger partial charge in [0.05, 0.1) is 17.3 Å². The van der Waals surface area contributed by atoms with Crippen molar-refractivity contribution in [1.29, 1.82) is 0 Å². The topological polar surface area (TPSA) is 49.6 Å². The Labute approximate surface area is 133 Å². The maximum atomic E-state index is 12.4. The average molecular weight is 320 g/mol. The minimum Gasteiger partial charge on any atom is -0.371 e. The van der Waals surface area contributed by atoms with Crippen LogP contribution in [-0.4, -0.2) is 32.1 Å². The number of carbonyl (C=O) groups excluding carboxylic acids is 1. The third-order valence-electron chi connectivity index (χ3n) is 3.69. The lowest BCUT2D eigenvalue weighted by atomic mass is 10.0. The molecule has 6 heteroatoms. The van der Waals surface area contributed by atoms with E-state index in [0.29, 0.717) is 0 Å². The molecule has 1 aliphatic rings. The van der Waals surface area contributed by atoms with E-state index in [9.17, 15) is 4.79 Å². The number of para-hydroxylation sites is 2. The van der Waals surface area contributed by atoms with E-state index >= 15 is 0 Å². The molecule has 0 spiro atoms. The summed E-state index contributed by atoms with van der Waals surface area (Å²) in [6.45, 7) is 5.36. The van der Waals surface area contributed by atoms with E-state index in [1.54, 1.807) is 0 Å². The van der Waals surface area contributed by atoms with E-state index in [2.05, 4.69) is 11.9 Å². The first kappa shape index (κ1) is 19.0. The van der Waals surface area contributed by atoms with Crippen molar-refractivity contribution in [3.63, 3.8) is 0 Å². The Bertz CT molecular complexity index is 454. The molecule has 1 aromatic rings. The van der Waals surface area contributed by atoms with Gasteiger partial charge in [-0.05, 0) is 19.1 Å². The maximum Gasteiger partial charge on any atom is 0.231 e. The lowest BCUT2D eigenvalue weighted by Gasteiger charge is -2.37. The third-order valence-corrected chi connectivity index (χ3v) is 3.69. The van der Waals surface area contributed by atoms with Crippen LogP contribution < -0.4 is 15.5 Å². The molecule has 2 rings (SSSR count). The summed E-state index contributed by atoms with van der Waals surface area (Å²) < 4.78 is 0. The molecular weight excluding hydrogens is 297 g/mol. The molecule has 0 fully saturated rings. The molecule has 4 nitrogen and oxygen atoms in total.